The SMILES string of the molecule is O=C(Nc1ccc(Cl)cc1)c1csc(-c2ccc(N3CCSCC3)nc2)n1. The van der Waals surface area contributed by atoms with E-state index in [-0.39, 0.29) is 5.91 Å². The van der Waals surface area contributed by atoms with Gasteiger partial charge in [-0.15, -0.1) is 11.3 Å². The van der Waals surface area contributed by atoms with Crippen molar-refractivity contribution in [3.05, 3.63) is 58.7 Å². The fraction of sp³-hybridized carbons (Fsp3) is 0.211. The van der Waals surface area contributed by atoms with E-state index in [0.717, 1.165) is 41.0 Å². The summed E-state index contributed by atoms with van der Waals surface area (Å²) in [5.41, 5.74) is 1.99. The van der Waals surface area contributed by atoms with Crippen LogP contribution in [0.1, 0.15) is 10.5 Å². The number of rotatable bonds is 4. The highest BCUT2D eigenvalue weighted by Gasteiger charge is 2.15. The molecule has 0 saturated carbocycles. The number of thioether (sulfide) groups is 1. The maximum Gasteiger partial charge on any atom is 0.275 e. The van der Waals surface area contributed by atoms with E-state index < -0.39 is 0 Å². The minimum absolute atomic E-state index is 0.241. The van der Waals surface area contributed by atoms with Crippen LogP contribution in [-0.2, 0) is 0 Å². The van der Waals surface area contributed by atoms with Crippen molar-refractivity contribution in [3.63, 3.8) is 0 Å². The van der Waals surface area contributed by atoms with E-state index in [4.69, 9.17) is 11.6 Å². The standard InChI is InChI=1S/C19H17ClN4OS2/c20-14-2-4-15(5-3-14)22-18(25)16-12-27-19(23-16)13-1-6-17(21-11-13)24-7-9-26-10-8-24/h1-6,11-12H,7-10H2,(H,22,25). The number of carbonyl (C=O) groups is 1. The predicted molar refractivity (Wildman–Crippen MR) is 114 cm³/mol. The van der Waals surface area contributed by atoms with Gasteiger partial charge in [-0.3, -0.25) is 4.79 Å². The molecule has 0 atom stereocenters. The molecule has 1 N–H and O–H groups in total. The Balaban J connectivity index is 1.45. The van der Waals surface area contributed by atoms with Crippen LogP contribution in [0.25, 0.3) is 10.6 Å². The van der Waals surface area contributed by atoms with E-state index >= 15 is 0 Å². The van der Waals surface area contributed by atoms with Crippen LogP contribution in [0.5, 0.6) is 0 Å². The van der Waals surface area contributed by atoms with Gasteiger partial charge in [0.15, 0.2) is 0 Å². The van der Waals surface area contributed by atoms with E-state index in [1.807, 2.05) is 30.1 Å². The molecule has 5 nitrogen and oxygen atoms in total. The number of nitrogens with zero attached hydrogens (tertiary/aromatic N) is 3. The molecule has 3 heterocycles. The van der Waals surface area contributed by atoms with Crippen LogP contribution >= 0.6 is 34.7 Å². The summed E-state index contributed by atoms with van der Waals surface area (Å²) in [7, 11) is 0. The van der Waals surface area contributed by atoms with E-state index in [1.54, 1.807) is 29.6 Å². The van der Waals surface area contributed by atoms with Gasteiger partial charge in [-0.2, -0.15) is 11.8 Å². The van der Waals surface area contributed by atoms with Gasteiger partial charge in [-0.1, -0.05) is 11.6 Å². The molecule has 0 aliphatic carbocycles. The predicted octanol–water partition coefficient (Wildman–Crippen LogP) is 4.66. The first-order valence-electron chi connectivity index (χ1n) is 8.50. The fourth-order valence-electron chi connectivity index (χ4n) is 2.73. The number of benzene rings is 1. The van der Waals surface area contributed by atoms with Crippen molar-refractivity contribution in [2.45, 2.75) is 0 Å². The molecule has 8 heteroatoms. The van der Waals surface area contributed by atoms with Gasteiger partial charge in [0, 0.05) is 52.4 Å². The highest BCUT2D eigenvalue weighted by atomic mass is 35.5. The van der Waals surface area contributed by atoms with Gasteiger partial charge < -0.3 is 10.2 Å². The van der Waals surface area contributed by atoms with Gasteiger partial charge in [0.05, 0.1) is 0 Å². The number of halogens is 1. The molecule has 0 bridgehead atoms. The van der Waals surface area contributed by atoms with Crippen LogP contribution in [-0.4, -0.2) is 40.5 Å². The van der Waals surface area contributed by atoms with Crippen LogP contribution < -0.4 is 10.2 Å². The smallest absolute Gasteiger partial charge is 0.275 e. The summed E-state index contributed by atoms with van der Waals surface area (Å²) in [6.07, 6.45) is 1.83. The maximum atomic E-state index is 12.4. The zero-order chi connectivity index (χ0) is 18.6. The van der Waals surface area contributed by atoms with Crippen molar-refractivity contribution in [3.8, 4) is 10.6 Å². The number of aromatic nitrogens is 2. The zero-order valence-electron chi connectivity index (χ0n) is 14.4. The van der Waals surface area contributed by atoms with Crippen LogP contribution in [0, 0.1) is 0 Å². The van der Waals surface area contributed by atoms with Crippen molar-refractivity contribution in [2.75, 3.05) is 34.8 Å². The molecule has 1 amide bonds. The first-order valence-corrected chi connectivity index (χ1v) is 10.9. The van der Waals surface area contributed by atoms with Gasteiger partial charge in [0.2, 0.25) is 0 Å². The van der Waals surface area contributed by atoms with Crippen molar-refractivity contribution >= 4 is 52.1 Å². The van der Waals surface area contributed by atoms with Crippen molar-refractivity contribution < 1.29 is 4.79 Å². The van der Waals surface area contributed by atoms with Gasteiger partial charge in [-0.25, -0.2) is 9.97 Å². The first-order chi connectivity index (χ1) is 13.2. The molecule has 3 aromatic rings. The van der Waals surface area contributed by atoms with E-state index in [2.05, 4.69) is 20.2 Å². The summed E-state index contributed by atoms with van der Waals surface area (Å²) >= 11 is 9.28. The Labute approximate surface area is 170 Å². The number of thiazole rings is 1. The minimum atomic E-state index is -0.241. The number of hydrogen-bond acceptors (Lipinski definition) is 6. The Bertz CT molecular complexity index is 922. The van der Waals surface area contributed by atoms with Crippen LogP contribution in [0.3, 0.4) is 0 Å². The minimum Gasteiger partial charge on any atom is -0.355 e. The second-order valence-electron chi connectivity index (χ2n) is 6.00. The Morgan fingerprint density at radius 3 is 2.59 bits per heavy atom. The van der Waals surface area contributed by atoms with Crippen LogP contribution in [0.15, 0.2) is 48.0 Å². The quantitative estimate of drug-likeness (QED) is 0.670. The van der Waals surface area contributed by atoms with Crippen molar-refractivity contribution in [1.82, 2.24) is 9.97 Å². The second-order valence-corrected chi connectivity index (χ2v) is 8.52. The molecule has 0 spiro atoms. The highest BCUT2D eigenvalue weighted by Crippen LogP contribution is 2.26. The second kappa shape index (κ2) is 8.29. The van der Waals surface area contributed by atoms with Crippen molar-refractivity contribution in [2.24, 2.45) is 0 Å². The topological polar surface area (TPSA) is 58.1 Å². The third-order valence-corrected chi connectivity index (χ3v) is 6.25. The molecule has 1 fully saturated rings. The average Bonchev–Trinajstić information content (AvgIpc) is 3.21. The normalized spacial score (nSPS) is 14.2. The number of anilines is 2. The molecular formula is C19H17ClN4OS2. The number of pyridine rings is 1. The van der Waals surface area contributed by atoms with E-state index in [9.17, 15) is 4.79 Å². The zero-order valence-corrected chi connectivity index (χ0v) is 16.8. The molecule has 138 valence electrons. The largest absolute Gasteiger partial charge is 0.355 e. The summed E-state index contributed by atoms with van der Waals surface area (Å²) < 4.78 is 0. The summed E-state index contributed by atoms with van der Waals surface area (Å²) in [4.78, 5) is 23.7. The fourth-order valence-corrected chi connectivity index (χ4v) is 4.55. The number of nitrogens with one attached hydrogen (secondary N) is 1. The van der Waals surface area contributed by atoms with Crippen LogP contribution in [0.2, 0.25) is 5.02 Å². The first kappa shape index (κ1) is 18.3. The molecule has 1 aromatic carbocycles. The lowest BCUT2D eigenvalue weighted by molar-refractivity contribution is 0.102. The molecule has 2 aromatic heterocycles. The summed E-state index contributed by atoms with van der Waals surface area (Å²) in [6, 6.07) is 11.0. The molecule has 4 rings (SSSR count). The Morgan fingerprint density at radius 1 is 1.11 bits per heavy atom. The average molecular weight is 417 g/mol. The Hall–Kier alpha value is -2.09. The summed E-state index contributed by atoms with van der Waals surface area (Å²) in [6.45, 7) is 2.06. The third kappa shape index (κ3) is 4.43. The number of hydrogen-bond donors (Lipinski definition) is 1. The molecular weight excluding hydrogens is 400 g/mol. The lowest BCUT2D eigenvalue weighted by Crippen LogP contribution is -2.32. The third-order valence-electron chi connectivity index (χ3n) is 4.17. The lowest BCUT2D eigenvalue weighted by atomic mass is 10.3. The molecule has 1 aliphatic heterocycles. The summed E-state index contributed by atoms with van der Waals surface area (Å²) in [5, 5.41) is 5.99. The monoisotopic (exact) mass is 416 g/mol. The number of amides is 1. The summed E-state index contributed by atoms with van der Waals surface area (Å²) in [5.74, 6) is 3.04. The maximum absolute atomic E-state index is 12.4. The Morgan fingerprint density at radius 2 is 1.89 bits per heavy atom. The Kier molecular flexibility index (Phi) is 5.61. The van der Waals surface area contributed by atoms with Gasteiger partial charge in [0.25, 0.3) is 5.91 Å². The lowest BCUT2D eigenvalue weighted by Gasteiger charge is -2.27. The molecule has 1 aliphatic rings. The molecule has 27 heavy (non-hydrogen) atoms. The number of carbonyl (C=O) groups excluding carboxylic acids is 1. The van der Waals surface area contributed by atoms with E-state index in [0.29, 0.717) is 16.4 Å². The van der Waals surface area contributed by atoms with Gasteiger partial charge >= 0.3 is 0 Å². The van der Waals surface area contributed by atoms with Gasteiger partial charge in [-0.05, 0) is 36.4 Å². The van der Waals surface area contributed by atoms with Crippen LogP contribution in [0.4, 0.5) is 11.5 Å². The van der Waals surface area contributed by atoms with Crippen molar-refractivity contribution in [1.29, 1.82) is 0 Å². The molecule has 0 unspecified atom stereocenters. The highest BCUT2D eigenvalue weighted by molar-refractivity contribution is 7.99. The van der Waals surface area contributed by atoms with E-state index in [1.165, 1.54) is 11.3 Å². The molecule has 0 radical (unpaired) electrons. The van der Waals surface area contributed by atoms with Gasteiger partial charge in [0.1, 0.15) is 16.5 Å². The molecule has 1 saturated heterocycles.